The van der Waals surface area contributed by atoms with Crippen molar-refractivity contribution in [3.05, 3.63) is 58.4 Å². The SMILES string of the molecule is CC(=O)c1nc(C(=O)c2cccnc2)c2sc(C3=C(C(=O)[O-])N4C(=O)[C@H]([C@@H](C)O)[C@H]4[C@H]3C)cn12.[Na+]. The average Bonchev–Trinajstić information content (AvgIpc) is 3.42. The number of pyridine rings is 1. The quantitative estimate of drug-likeness (QED) is 0.222. The molecule has 3 aromatic rings. The summed E-state index contributed by atoms with van der Waals surface area (Å²) >= 11 is 1.11. The molecule has 2 aliphatic rings. The van der Waals surface area contributed by atoms with Gasteiger partial charge in [-0.15, -0.1) is 11.3 Å². The maximum absolute atomic E-state index is 13.1. The second kappa shape index (κ2) is 9.07. The average molecular weight is 502 g/mol. The van der Waals surface area contributed by atoms with E-state index < -0.39 is 41.6 Å². The van der Waals surface area contributed by atoms with Gasteiger partial charge in [0.15, 0.2) is 11.6 Å². The molecule has 1 fully saturated rings. The Hall–Kier alpha value is -2.70. The van der Waals surface area contributed by atoms with Gasteiger partial charge in [0, 0.05) is 42.6 Å². The van der Waals surface area contributed by atoms with Gasteiger partial charge < -0.3 is 19.9 Å². The Kier molecular flexibility index (Phi) is 6.58. The predicted molar refractivity (Wildman–Crippen MR) is 118 cm³/mol. The fourth-order valence-corrected chi connectivity index (χ4v) is 6.15. The third kappa shape index (κ3) is 3.69. The van der Waals surface area contributed by atoms with Crippen molar-refractivity contribution in [1.82, 2.24) is 19.3 Å². The van der Waals surface area contributed by atoms with Crippen LogP contribution in [0.25, 0.3) is 10.4 Å². The third-order valence-electron chi connectivity index (χ3n) is 6.40. The van der Waals surface area contributed by atoms with E-state index in [-0.39, 0.29) is 52.6 Å². The van der Waals surface area contributed by atoms with Crippen LogP contribution < -0.4 is 34.7 Å². The number of aliphatic carboxylic acids is 1. The number of carboxylic acid groups (broad SMARTS) is 1. The maximum atomic E-state index is 13.1. The summed E-state index contributed by atoms with van der Waals surface area (Å²) in [6.07, 6.45) is 3.56. The molecule has 0 bridgehead atoms. The number of thiazole rings is 1. The minimum atomic E-state index is -1.50. The van der Waals surface area contributed by atoms with Crippen LogP contribution in [0.3, 0.4) is 0 Å². The number of carbonyl (C=O) groups is 4. The van der Waals surface area contributed by atoms with Gasteiger partial charge in [-0.2, -0.15) is 0 Å². The molecular weight excluding hydrogens is 483 g/mol. The van der Waals surface area contributed by atoms with Crippen LogP contribution in [-0.4, -0.2) is 60.0 Å². The molecule has 0 aliphatic carbocycles. The molecule has 35 heavy (non-hydrogen) atoms. The van der Waals surface area contributed by atoms with Crippen LogP contribution in [0.15, 0.2) is 36.4 Å². The number of carbonyl (C=O) groups excluding carboxylic acids is 4. The smallest absolute Gasteiger partial charge is 0.543 e. The van der Waals surface area contributed by atoms with E-state index in [1.807, 2.05) is 0 Å². The number of hydrogen-bond donors (Lipinski definition) is 1. The minimum Gasteiger partial charge on any atom is -0.543 e. The zero-order valence-corrected chi connectivity index (χ0v) is 22.2. The summed E-state index contributed by atoms with van der Waals surface area (Å²) < 4.78 is 1.47. The van der Waals surface area contributed by atoms with Gasteiger partial charge in [-0.25, -0.2) is 4.98 Å². The van der Waals surface area contributed by atoms with Gasteiger partial charge in [-0.05, 0) is 19.1 Å². The Labute approximate surface area is 225 Å². The van der Waals surface area contributed by atoms with Crippen molar-refractivity contribution in [3.8, 4) is 0 Å². The second-order valence-corrected chi connectivity index (χ2v) is 9.52. The molecule has 0 unspecified atom stereocenters. The first-order valence-electron chi connectivity index (χ1n) is 10.6. The molecule has 0 spiro atoms. The summed E-state index contributed by atoms with van der Waals surface area (Å²) in [5.74, 6) is -3.87. The Balaban J connectivity index is 0.00000289. The van der Waals surface area contributed by atoms with E-state index in [9.17, 15) is 29.4 Å². The molecule has 1 amide bonds. The van der Waals surface area contributed by atoms with Gasteiger partial charge in [-0.1, -0.05) is 6.92 Å². The van der Waals surface area contributed by atoms with Gasteiger partial charge in [0.25, 0.3) is 0 Å². The van der Waals surface area contributed by atoms with E-state index in [0.29, 0.717) is 20.8 Å². The van der Waals surface area contributed by atoms with Crippen molar-refractivity contribution in [2.45, 2.75) is 32.9 Å². The summed E-state index contributed by atoms with van der Waals surface area (Å²) in [6.45, 7) is 4.61. The van der Waals surface area contributed by atoms with E-state index in [2.05, 4.69) is 9.97 Å². The van der Waals surface area contributed by atoms with Crippen LogP contribution in [0.1, 0.15) is 52.3 Å². The summed E-state index contributed by atoms with van der Waals surface area (Å²) in [4.78, 5) is 60.3. The van der Waals surface area contributed by atoms with Crippen LogP contribution in [0.4, 0.5) is 0 Å². The first-order valence-corrected chi connectivity index (χ1v) is 11.4. The number of hydrogen-bond acceptors (Lipinski definition) is 9. The second-order valence-electron chi connectivity index (χ2n) is 8.49. The Morgan fingerprint density at radius 2 is 2.00 bits per heavy atom. The van der Waals surface area contributed by atoms with E-state index in [0.717, 1.165) is 11.3 Å². The number of aromatic nitrogens is 3. The van der Waals surface area contributed by atoms with Gasteiger partial charge in [-0.3, -0.25) is 23.8 Å². The minimum absolute atomic E-state index is 0. The molecule has 1 saturated heterocycles. The molecule has 4 atom stereocenters. The molecule has 0 saturated carbocycles. The zero-order chi connectivity index (χ0) is 24.5. The number of amides is 1. The number of Topliss-reactive ketones (excluding diaryl/α,β-unsaturated/α-hetero) is 1. The summed E-state index contributed by atoms with van der Waals surface area (Å²) in [5.41, 5.74) is 0.466. The molecule has 5 rings (SSSR count). The number of ketones is 2. The molecule has 1 N–H and O–H groups in total. The molecular formula is C23H19N4NaO6S. The van der Waals surface area contributed by atoms with E-state index in [4.69, 9.17) is 0 Å². The number of β-lactam (4-membered cyclic amide) rings is 1. The number of aliphatic hydroxyl groups is 1. The number of imidazole rings is 1. The van der Waals surface area contributed by atoms with Crippen LogP contribution in [0.5, 0.6) is 0 Å². The van der Waals surface area contributed by atoms with Crippen molar-refractivity contribution in [3.63, 3.8) is 0 Å². The number of aliphatic hydroxyl groups excluding tert-OH is 1. The third-order valence-corrected chi connectivity index (χ3v) is 7.53. The molecule has 0 aromatic carbocycles. The number of nitrogens with zero attached hydrogens (tertiary/aromatic N) is 4. The number of rotatable bonds is 6. The standard InChI is InChI=1S/C23H20N4O6S.Na/c1-9-14(18(23(32)33)27-17(9)15(10(2)28)21(27)31)13-8-26-20(11(3)29)25-16(22(26)34-13)19(30)12-5-4-6-24-7-12;/h4-10,15,17,28H,1-3H3,(H,32,33);/q;+1/p-1/t9-,10+,15+,17+;/m0./s1. The first kappa shape index (κ1) is 25.4. The number of fused-ring (bicyclic) bond motifs is 2. The summed E-state index contributed by atoms with van der Waals surface area (Å²) in [7, 11) is 0. The van der Waals surface area contributed by atoms with Crippen LogP contribution >= 0.6 is 11.3 Å². The monoisotopic (exact) mass is 502 g/mol. The Morgan fingerprint density at radius 3 is 2.57 bits per heavy atom. The fourth-order valence-electron chi connectivity index (χ4n) is 4.92. The topological polar surface area (TPSA) is 145 Å². The van der Waals surface area contributed by atoms with E-state index >= 15 is 0 Å². The molecule has 3 aromatic heterocycles. The van der Waals surface area contributed by atoms with Crippen LogP contribution in [0, 0.1) is 11.8 Å². The first-order chi connectivity index (χ1) is 16.1. The van der Waals surface area contributed by atoms with Crippen molar-refractivity contribution in [2.75, 3.05) is 0 Å². The van der Waals surface area contributed by atoms with Crippen molar-refractivity contribution < 1.29 is 58.9 Å². The zero-order valence-electron chi connectivity index (χ0n) is 19.4. The van der Waals surface area contributed by atoms with Gasteiger partial charge >= 0.3 is 29.6 Å². The molecule has 10 nitrogen and oxygen atoms in total. The molecule has 12 heteroatoms. The molecule has 0 radical (unpaired) electrons. The Morgan fingerprint density at radius 1 is 1.29 bits per heavy atom. The summed E-state index contributed by atoms with van der Waals surface area (Å²) in [5, 5.41) is 22.1. The number of carboxylic acids is 1. The normalized spacial score (nSPS) is 22.0. The predicted octanol–water partition coefficient (Wildman–Crippen LogP) is -2.45. The van der Waals surface area contributed by atoms with Gasteiger partial charge in [0.2, 0.25) is 11.7 Å². The molecule has 2 aliphatic heterocycles. The maximum Gasteiger partial charge on any atom is 1.00 e. The van der Waals surface area contributed by atoms with E-state index in [1.165, 1.54) is 35.5 Å². The van der Waals surface area contributed by atoms with Crippen molar-refractivity contribution in [2.24, 2.45) is 11.8 Å². The van der Waals surface area contributed by atoms with E-state index in [1.54, 1.807) is 25.3 Å². The largest absolute Gasteiger partial charge is 1.00 e. The van der Waals surface area contributed by atoms with Crippen LogP contribution in [-0.2, 0) is 9.59 Å². The molecule has 174 valence electrons. The Bertz CT molecular complexity index is 1430. The van der Waals surface area contributed by atoms with Crippen molar-refractivity contribution >= 4 is 45.2 Å². The van der Waals surface area contributed by atoms with Crippen LogP contribution in [0.2, 0.25) is 0 Å². The molecule has 5 heterocycles. The summed E-state index contributed by atoms with van der Waals surface area (Å²) in [6, 6.07) is 2.69. The van der Waals surface area contributed by atoms with Gasteiger partial charge in [0.05, 0.1) is 34.6 Å². The fraction of sp³-hybridized carbons (Fsp3) is 0.304. The van der Waals surface area contributed by atoms with Gasteiger partial charge in [0.1, 0.15) is 10.5 Å². The van der Waals surface area contributed by atoms with Crippen molar-refractivity contribution in [1.29, 1.82) is 0 Å².